The van der Waals surface area contributed by atoms with Gasteiger partial charge in [0.05, 0.1) is 12.4 Å². The van der Waals surface area contributed by atoms with Gasteiger partial charge < -0.3 is 9.47 Å². The standard InChI is InChI=1S/C22H22N4O2/c1-3-17-14(2)11-19(27-17)26-13-25-20-21(26)23-12-24-22(20)28-18-10-6-8-15-7-4-5-9-16(15)18/h4-10,12-14,17,19H,3,11H2,1-2H3. The van der Waals surface area contributed by atoms with E-state index in [1.165, 1.54) is 6.33 Å². The number of nitrogens with zero attached hydrogens (tertiary/aromatic N) is 4. The minimum absolute atomic E-state index is 0.0507. The first-order valence-electron chi connectivity index (χ1n) is 9.73. The van der Waals surface area contributed by atoms with E-state index in [0.717, 1.165) is 35.0 Å². The van der Waals surface area contributed by atoms with Crippen LogP contribution in [-0.2, 0) is 4.74 Å². The van der Waals surface area contributed by atoms with Gasteiger partial charge in [0.15, 0.2) is 11.2 Å². The molecule has 0 spiro atoms. The van der Waals surface area contributed by atoms with Crippen LogP contribution in [0.4, 0.5) is 0 Å². The molecular formula is C22H22N4O2. The second-order valence-corrected chi connectivity index (χ2v) is 7.33. The molecule has 0 saturated carbocycles. The summed E-state index contributed by atoms with van der Waals surface area (Å²) < 4.78 is 14.4. The maximum atomic E-state index is 6.21. The van der Waals surface area contributed by atoms with Crippen LogP contribution in [0, 0.1) is 5.92 Å². The molecule has 28 heavy (non-hydrogen) atoms. The molecule has 1 aliphatic heterocycles. The lowest BCUT2D eigenvalue weighted by Gasteiger charge is -2.14. The fraction of sp³-hybridized carbons (Fsp3) is 0.318. The van der Waals surface area contributed by atoms with E-state index in [1.54, 1.807) is 6.33 Å². The molecule has 3 unspecified atom stereocenters. The van der Waals surface area contributed by atoms with Crippen LogP contribution in [0.5, 0.6) is 11.6 Å². The molecule has 5 rings (SSSR count). The van der Waals surface area contributed by atoms with E-state index in [1.807, 2.05) is 34.9 Å². The molecule has 4 aromatic rings. The lowest BCUT2D eigenvalue weighted by atomic mass is 10.0. The van der Waals surface area contributed by atoms with E-state index < -0.39 is 0 Å². The van der Waals surface area contributed by atoms with Crippen LogP contribution in [0.3, 0.4) is 0 Å². The average Bonchev–Trinajstić information content (AvgIpc) is 3.32. The lowest BCUT2D eigenvalue weighted by Crippen LogP contribution is -2.12. The van der Waals surface area contributed by atoms with Gasteiger partial charge in [-0.2, -0.15) is 4.98 Å². The highest BCUT2D eigenvalue weighted by atomic mass is 16.5. The summed E-state index contributed by atoms with van der Waals surface area (Å²) in [6.45, 7) is 4.39. The van der Waals surface area contributed by atoms with Crippen molar-refractivity contribution in [1.82, 2.24) is 19.5 Å². The summed E-state index contributed by atoms with van der Waals surface area (Å²) in [6, 6.07) is 14.1. The third kappa shape index (κ3) is 2.81. The Morgan fingerprint density at radius 1 is 1.11 bits per heavy atom. The Labute approximate surface area is 163 Å². The fourth-order valence-electron chi connectivity index (χ4n) is 4.04. The van der Waals surface area contributed by atoms with Crippen LogP contribution in [0.25, 0.3) is 21.9 Å². The van der Waals surface area contributed by atoms with Crippen molar-refractivity contribution in [2.75, 3.05) is 0 Å². The van der Waals surface area contributed by atoms with Crippen molar-refractivity contribution in [1.29, 1.82) is 0 Å². The van der Waals surface area contributed by atoms with E-state index in [0.29, 0.717) is 17.3 Å². The van der Waals surface area contributed by atoms with Gasteiger partial charge in [0.1, 0.15) is 18.3 Å². The Morgan fingerprint density at radius 3 is 2.82 bits per heavy atom. The number of hydrogen-bond acceptors (Lipinski definition) is 5. The molecule has 3 atom stereocenters. The minimum atomic E-state index is -0.0507. The Balaban J connectivity index is 1.52. The number of ether oxygens (including phenoxy) is 2. The van der Waals surface area contributed by atoms with Crippen molar-refractivity contribution in [3.8, 4) is 11.6 Å². The molecule has 0 bridgehead atoms. The Hall–Kier alpha value is -2.99. The van der Waals surface area contributed by atoms with Gasteiger partial charge in [0, 0.05) is 5.39 Å². The number of imidazole rings is 1. The van der Waals surface area contributed by atoms with Crippen molar-refractivity contribution in [2.45, 2.75) is 39.0 Å². The van der Waals surface area contributed by atoms with Gasteiger partial charge in [-0.25, -0.2) is 9.97 Å². The summed E-state index contributed by atoms with van der Waals surface area (Å²) in [6.07, 6.45) is 5.49. The Bertz CT molecular complexity index is 1130. The van der Waals surface area contributed by atoms with Gasteiger partial charge in [-0.15, -0.1) is 0 Å². The monoisotopic (exact) mass is 374 g/mol. The van der Waals surface area contributed by atoms with Crippen LogP contribution in [-0.4, -0.2) is 25.6 Å². The zero-order valence-electron chi connectivity index (χ0n) is 15.9. The summed E-state index contributed by atoms with van der Waals surface area (Å²) in [5.41, 5.74) is 1.38. The van der Waals surface area contributed by atoms with Gasteiger partial charge >= 0.3 is 0 Å². The number of hydrogen-bond donors (Lipinski definition) is 0. The summed E-state index contributed by atoms with van der Waals surface area (Å²) in [4.78, 5) is 13.3. The third-order valence-corrected chi connectivity index (χ3v) is 5.53. The van der Waals surface area contributed by atoms with Gasteiger partial charge in [0.2, 0.25) is 0 Å². The van der Waals surface area contributed by atoms with E-state index in [9.17, 15) is 0 Å². The molecule has 1 aliphatic rings. The van der Waals surface area contributed by atoms with Crippen molar-refractivity contribution < 1.29 is 9.47 Å². The summed E-state index contributed by atoms with van der Waals surface area (Å²) in [7, 11) is 0. The van der Waals surface area contributed by atoms with E-state index in [-0.39, 0.29) is 12.3 Å². The number of fused-ring (bicyclic) bond motifs is 2. The SMILES string of the molecule is CCC1OC(n2cnc3c(Oc4cccc5ccccc45)ncnc32)CC1C. The van der Waals surface area contributed by atoms with Crippen molar-refractivity contribution in [3.05, 3.63) is 55.1 Å². The minimum Gasteiger partial charge on any atom is -0.436 e. The quantitative estimate of drug-likeness (QED) is 0.497. The molecule has 6 heteroatoms. The summed E-state index contributed by atoms with van der Waals surface area (Å²) in [5, 5.41) is 2.16. The van der Waals surface area contributed by atoms with Crippen LogP contribution < -0.4 is 4.74 Å². The van der Waals surface area contributed by atoms with Crippen molar-refractivity contribution >= 4 is 21.9 Å². The van der Waals surface area contributed by atoms with Crippen LogP contribution in [0.2, 0.25) is 0 Å². The summed E-state index contributed by atoms with van der Waals surface area (Å²) in [5.74, 6) is 1.73. The van der Waals surface area contributed by atoms with Crippen LogP contribution >= 0.6 is 0 Å². The largest absolute Gasteiger partial charge is 0.436 e. The molecule has 0 amide bonds. The van der Waals surface area contributed by atoms with Gasteiger partial charge in [-0.1, -0.05) is 50.2 Å². The van der Waals surface area contributed by atoms with Crippen molar-refractivity contribution in [3.63, 3.8) is 0 Å². The molecule has 142 valence electrons. The van der Waals surface area contributed by atoms with E-state index in [2.05, 4.69) is 40.9 Å². The van der Waals surface area contributed by atoms with Gasteiger partial charge in [0.25, 0.3) is 5.88 Å². The molecule has 1 fully saturated rings. The second-order valence-electron chi connectivity index (χ2n) is 7.33. The first-order chi connectivity index (χ1) is 13.7. The lowest BCUT2D eigenvalue weighted by molar-refractivity contribution is -0.00304. The Kier molecular flexibility index (Phi) is 4.20. The molecule has 6 nitrogen and oxygen atoms in total. The smallest absolute Gasteiger partial charge is 0.250 e. The third-order valence-electron chi connectivity index (χ3n) is 5.53. The maximum absolute atomic E-state index is 6.21. The zero-order chi connectivity index (χ0) is 19.1. The number of benzene rings is 2. The molecule has 2 aromatic heterocycles. The molecule has 1 saturated heterocycles. The van der Waals surface area contributed by atoms with Crippen LogP contribution in [0.1, 0.15) is 32.9 Å². The maximum Gasteiger partial charge on any atom is 0.250 e. The van der Waals surface area contributed by atoms with Crippen LogP contribution in [0.15, 0.2) is 55.1 Å². The fourth-order valence-corrected chi connectivity index (χ4v) is 4.04. The highest BCUT2D eigenvalue weighted by molar-refractivity contribution is 5.89. The van der Waals surface area contributed by atoms with E-state index >= 15 is 0 Å². The molecule has 0 N–H and O–H groups in total. The topological polar surface area (TPSA) is 62.1 Å². The average molecular weight is 374 g/mol. The number of rotatable bonds is 4. The first-order valence-corrected chi connectivity index (χ1v) is 9.73. The molecule has 0 radical (unpaired) electrons. The molecule has 3 heterocycles. The van der Waals surface area contributed by atoms with Crippen molar-refractivity contribution in [2.24, 2.45) is 5.92 Å². The molecule has 2 aromatic carbocycles. The first kappa shape index (κ1) is 17.1. The second kappa shape index (κ2) is 6.87. The zero-order valence-corrected chi connectivity index (χ0v) is 15.9. The summed E-state index contributed by atoms with van der Waals surface area (Å²) >= 11 is 0. The van der Waals surface area contributed by atoms with Gasteiger partial charge in [-0.05, 0) is 30.2 Å². The Morgan fingerprint density at radius 2 is 1.96 bits per heavy atom. The molecular weight excluding hydrogens is 352 g/mol. The van der Waals surface area contributed by atoms with Gasteiger partial charge in [-0.3, -0.25) is 4.57 Å². The molecule has 0 aliphatic carbocycles. The predicted octanol–water partition coefficient (Wildman–Crippen LogP) is 5.11. The highest BCUT2D eigenvalue weighted by Gasteiger charge is 2.33. The van der Waals surface area contributed by atoms with E-state index in [4.69, 9.17) is 9.47 Å². The predicted molar refractivity (Wildman–Crippen MR) is 107 cm³/mol. The number of aromatic nitrogens is 4. The normalized spacial score (nSPS) is 22.1. The highest BCUT2D eigenvalue weighted by Crippen LogP contribution is 2.37.